The van der Waals surface area contributed by atoms with Gasteiger partial charge in [0.15, 0.2) is 0 Å². The van der Waals surface area contributed by atoms with Crippen LogP contribution in [0.4, 0.5) is 0 Å². The van der Waals surface area contributed by atoms with Crippen molar-refractivity contribution in [1.29, 1.82) is 0 Å². The molecule has 0 aromatic carbocycles. The molecule has 0 amide bonds. The first-order valence-electron chi connectivity index (χ1n) is 6.09. The molecule has 0 aliphatic carbocycles. The van der Waals surface area contributed by atoms with Crippen molar-refractivity contribution in [3.8, 4) is 0 Å². The standard InChI is InChI=1S/C12H20N2O2S/c1-4-7-13-8-10-14-9(5-2)11(17-10)12(15)16-6-3/h13H,4-8H2,1-3H3. The van der Waals surface area contributed by atoms with Gasteiger partial charge in [-0.05, 0) is 26.3 Å². The summed E-state index contributed by atoms with van der Waals surface area (Å²) in [5.74, 6) is -0.247. The summed E-state index contributed by atoms with van der Waals surface area (Å²) in [4.78, 5) is 16.8. The molecule has 0 saturated carbocycles. The van der Waals surface area contributed by atoms with Crippen LogP contribution in [0, 0.1) is 0 Å². The first-order chi connectivity index (χ1) is 8.22. The van der Waals surface area contributed by atoms with E-state index >= 15 is 0 Å². The van der Waals surface area contributed by atoms with Crippen LogP contribution in [-0.4, -0.2) is 24.1 Å². The summed E-state index contributed by atoms with van der Waals surface area (Å²) in [5.41, 5.74) is 0.849. The molecule has 0 unspecified atom stereocenters. The van der Waals surface area contributed by atoms with Crippen LogP contribution in [0.15, 0.2) is 0 Å². The Hall–Kier alpha value is -0.940. The lowest BCUT2D eigenvalue weighted by Crippen LogP contribution is -2.13. The van der Waals surface area contributed by atoms with Crippen molar-refractivity contribution in [2.24, 2.45) is 0 Å². The number of carbonyl (C=O) groups excluding carboxylic acids is 1. The van der Waals surface area contributed by atoms with E-state index in [0.717, 1.165) is 36.6 Å². The summed E-state index contributed by atoms with van der Waals surface area (Å²) in [5, 5.41) is 4.24. The van der Waals surface area contributed by atoms with E-state index in [4.69, 9.17) is 4.74 Å². The molecule has 0 aliphatic heterocycles. The zero-order valence-corrected chi connectivity index (χ0v) is 11.5. The van der Waals surface area contributed by atoms with E-state index in [2.05, 4.69) is 17.2 Å². The highest BCUT2D eigenvalue weighted by atomic mass is 32.1. The van der Waals surface area contributed by atoms with Gasteiger partial charge < -0.3 is 10.1 Å². The average Bonchev–Trinajstić information content (AvgIpc) is 2.73. The molecule has 1 aromatic rings. The molecule has 1 rings (SSSR count). The molecule has 4 nitrogen and oxygen atoms in total. The Balaban J connectivity index is 2.72. The predicted molar refractivity (Wildman–Crippen MR) is 69.4 cm³/mol. The third-order valence-corrected chi connectivity index (χ3v) is 3.32. The third-order valence-electron chi connectivity index (χ3n) is 2.24. The largest absolute Gasteiger partial charge is 0.462 e. The maximum atomic E-state index is 11.7. The van der Waals surface area contributed by atoms with Crippen LogP contribution in [0.3, 0.4) is 0 Å². The monoisotopic (exact) mass is 256 g/mol. The maximum absolute atomic E-state index is 11.7. The Morgan fingerprint density at radius 3 is 2.76 bits per heavy atom. The molecule has 0 saturated heterocycles. The molecular formula is C12H20N2O2S. The lowest BCUT2D eigenvalue weighted by Gasteiger charge is -1.99. The van der Waals surface area contributed by atoms with Crippen molar-refractivity contribution in [3.05, 3.63) is 15.6 Å². The van der Waals surface area contributed by atoms with E-state index < -0.39 is 0 Å². The van der Waals surface area contributed by atoms with E-state index in [0.29, 0.717) is 11.5 Å². The van der Waals surface area contributed by atoms with Crippen LogP contribution >= 0.6 is 11.3 Å². The fourth-order valence-corrected chi connectivity index (χ4v) is 2.46. The average molecular weight is 256 g/mol. The second kappa shape index (κ2) is 7.40. The summed E-state index contributed by atoms with van der Waals surface area (Å²) in [6.07, 6.45) is 1.86. The van der Waals surface area contributed by atoms with Gasteiger partial charge in [0.2, 0.25) is 0 Å². The number of rotatable bonds is 7. The SMILES string of the molecule is CCCNCc1nc(CC)c(C(=O)OCC)s1. The van der Waals surface area contributed by atoms with Crippen LogP contribution in [0.2, 0.25) is 0 Å². The van der Waals surface area contributed by atoms with E-state index in [1.54, 1.807) is 0 Å². The first kappa shape index (κ1) is 14.1. The lowest BCUT2D eigenvalue weighted by molar-refractivity contribution is 0.0530. The van der Waals surface area contributed by atoms with Gasteiger partial charge in [0, 0.05) is 6.54 Å². The number of carbonyl (C=O) groups is 1. The molecule has 0 radical (unpaired) electrons. The van der Waals surface area contributed by atoms with Crippen molar-refractivity contribution in [2.45, 2.75) is 40.2 Å². The van der Waals surface area contributed by atoms with Gasteiger partial charge in [0.25, 0.3) is 0 Å². The summed E-state index contributed by atoms with van der Waals surface area (Å²) in [7, 11) is 0. The number of nitrogens with zero attached hydrogens (tertiary/aromatic N) is 1. The zero-order valence-electron chi connectivity index (χ0n) is 10.7. The molecule has 1 aromatic heterocycles. The van der Waals surface area contributed by atoms with Gasteiger partial charge in [0.05, 0.1) is 12.3 Å². The first-order valence-corrected chi connectivity index (χ1v) is 6.90. The maximum Gasteiger partial charge on any atom is 0.350 e. The minimum atomic E-state index is -0.247. The molecule has 0 fully saturated rings. The van der Waals surface area contributed by atoms with Gasteiger partial charge in [-0.1, -0.05) is 13.8 Å². The molecule has 17 heavy (non-hydrogen) atoms. The second-order valence-electron chi connectivity index (χ2n) is 3.63. The van der Waals surface area contributed by atoms with Crippen molar-refractivity contribution < 1.29 is 9.53 Å². The van der Waals surface area contributed by atoms with Crippen LogP contribution in [-0.2, 0) is 17.7 Å². The second-order valence-corrected chi connectivity index (χ2v) is 4.72. The Kier molecular flexibility index (Phi) is 6.15. The van der Waals surface area contributed by atoms with Gasteiger partial charge in [0.1, 0.15) is 9.88 Å². The number of hydrogen-bond acceptors (Lipinski definition) is 5. The van der Waals surface area contributed by atoms with E-state index in [9.17, 15) is 4.79 Å². The van der Waals surface area contributed by atoms with Crippen LogP contribution < -0.4 is 5.32 Å². The number of thiazole rings is 1. The van der Waals surface area contributed by atoms with Crippen molar-refractivity contribution in [2.75, 3.05) is 13.2 Å². The molecule has 0 atom stereocenters. The molecule has 1 N–H and O–H groups in total. The summed E-state index contributed by atoms with van der Waals surface area (Å²) < 4.78 is 5.02. The molecule has 0 bridgehead atoms. The van der Waals surface area contributed by atoms with Crippen molar-refractivity contribution in [3.63, 3.8) is 0 Å². The lowest BCUT2D eigenvalue weighted by atomic mass is 10.3. The highest BCUT2D eigenvalue weighted by Crippen LogP contribution is 2.20. The molecule has 5 heteroatoms. The van der Waals surface area contributed by atoms with E-state index in [1.165, 1.54) is 11.3 Å². The predicted octanol–water partition coefficient (Wildman–Crippen LogP) is 2.38. The number of ether oxygens (including phenoxy) is 1. The van der Waals surface area contributed by atoms with Gasteiger partial charge in [-0.25, -0.2) is 9.78 Å². The minimum absolute atomic E-state index is 0.247. The third kappa shape index (κ3) is 4.09. The Labute approximate surface area is 106 Å². The number of hydrogen-bond donors (Lipinski definition) is 1. The summed E-state index contributed by atoms with van der Waals surface area (Å²) >= 11 is 1.43. The molecule has 96 valence electrons. The van der Waals surface area contributed by atoms with Crippen LogP contribution in [0.5, 0.6) is 0 Å². The molecular weight excluding hydrogens is 236 g/mol. The fraction of sp³-hybridized carbons (Fsp3) is 0.667. The normalized spacial score (nSPS) is 10.5. The number of aryl methyl sites for hydroxylation is 1. The zero-order chi connectivity index (χ0) is 12.7. The fourth-order valence-electron chi connectivity index (χ4n) is 1.44. The Morgan fingerprint density at radius 2 is 2.18 bits per heavy atom. The van der Waals surface area contributed by atoms with Gasteiger partial charge in [-0.15, -0.1) is 11.3 Å². The molecule has 0 aliphatic rings. The summed E-state index contributed by atoms with van der Waals surface area (Å²) in [6.45, 7) is 8.04. The number of esters is 1. The smallest absolute Gasteiger partial charge is 0.350 e. The highest BCUT2D eigenvalue weighted by Gasteiger charge is 2.17. The Bertz CT molecular complexity index is 363. The minimum Gasteiger partial charge on any atom is -0.462 e. The van der Waals surface area contributed by atoms with Gasteiger partial charge >= 0.3 is 5.97 Å². The van der Waals surface area contributed by atoms with E-state index in [1.807, 2.05) is 13.8 Å². The van der Waals surface area contributed by atoms with Crippen molar-refractivity contribution in [1.82, 2.24) is 10.3 Å². The number of aromatic nitrogens is 1. The van der Waals surface area contributed by atoms with Gasteiger partial charge in [-0.3, -0.25) is 0 Å². The summed E-state index contributed by atoms with van der Waals surface area (Å²) in [6, 6.07) is 0. The van der Waals surface area contributed by atoms with E-state index in [-0.39, 0.29) is 5.97 Å². The number of nitrogens with one attached hydrogen (secondary N) is 1. The van der Waals surface area contributed by atoms with Crippen LogP contribution in [0.25, 0.3) is 0 Å². The van der Waals surface area contributed by atoms with Crippen LogP contribution in [0.1, 0.15) is 47.6 Å². The van der Waals surface area contributed by atoms with Gasteiger partial charge in [-0.2, -0.15) is 0 Å². The Morgan fingerprint density at radius 1 is 1.41 bits per heavy atom. The topological polar surface area (TPSA) is 51.2 Å². The van der Waals surface area contributed by atoms with Crippen molar-refractivity contribution >= 4 is 17.3 Å². The molecule has 0 spiro atoms. The quantitative estimate of drug-likeness (QED) is 0.601. The molecule has 1 heterocycles. The highest BCUT2D eigenvalue weighted by molar-refractivity contribution is 7.13.